The van der Waals surface area contributed by atoms with Crippen molar-refractivity contribution < 1.29 is 23.9 Å². The van der Waals surface area contributed by atoms with Crippen molar-refractivity contribution in [3.05, 3.63) is 30.3 Å². The monoisotopic (exact) mass is 376 g/mol. The van der Waals surface area contributed by atoms with Gasteiger partial charge in [0.05, 0.1) is 13.0 Å². The van der Waals surface area contributed by atoms with Gasteiger partial charge >= 0.3 is 5.97 Å². The number of hydrogen-bond donors (Lipinski definition) is 1. The third kappa shape index (κ3) is 6.27. The number of nitrogens with zero attached hydrogens (tertiary/aromatic N) is 1. The Balaban J connectivity index is 1.98. The Morgan fingerprint density at radius 3 is 2.59 bits per heavy atom. The number of hydrogen-bond acceptors (Lipinski definition) is 5. The van der Waals surface area contributed by atoms with Crippen molar-refractivity contribution in [3.63, 3.8) is 0 Å². The first-order valence-electron chi connectivity index (χ1n) is 9.34. The maximum Gasteiger partial charge on any atom is 0.308 e. The minimum absolute atomic E-state index is 0.159. The molecule has 1 aliphatic rings. The maximum atomic E-state index is 12.8. The first-order chi connectivity index (χ1) is 12.9. The smallest absolute Gasteiger partial charge is 0.308 e. The summed E-state index contributed by atoms with van der Waals surface area (Å²) in [6.07, 6.45) is -0.168. The van der Waals surface area contributed by atoms with Crippen molar-refractivity contribution in [3.8, 4) is 5.75 Å². The van der Waals surface area contributed by atoms with Crippen LogP contribution in [-0.2, 0) is 19.1 Å². The molecule has 148 valence electrons. The van der Waals surface area contributed by atoms with Gasteiger partial charge in [0.25, 0.3) is 5.91 Å². The van der Waals surface area contributed by atoms with E-state index in [1.165, 1.54) is 4.90 Å². The summed E-state index contributed by atoms with van der Waals surface area (Å²) in [7, 11) is 0. The van der Waals surface area contributed by atoms with E-state index < -0.39 is 18.1 Å². The zero-order valence-corrected chi connectivity index (χ0v) is 16.1. The lowest BCUT2D eigenvalue weighted by Gasteiger charge is -2.36. The highest BCUT2D eigenvalue weighted by molar-refractivity contribution is 5.93. The maximum absolute atomic E-state index is 12.8. The van der Waals surface area contributed by atoms with Gasteiger partial charge in [0.15, 0.2) is 6.10 Å². The van der Waals surface area contributed by atoms with Gasteiger partial charge in [-0.3, -0.25) is 14.4 Å². The summed E-state index contributed by atoms with van der Waals surface area (Å²) >= 11 is 0. The molecule has 1 aromatic carbocycles. The summed E-state index contributed by atoms with van der Waals surface area (Å²) in [6, 6.07) is 8.13. The van der Waals surface area contributed by atoms with E-state index in [4.69, 9.17) is 9.47 Å². The second-order valence-electron chi connectivity index (χ2n) is 7.02. The number of rotatable bonds is 8. The highest BCUT2D eigenvalue weighted by Gasteiger charge is 2.37. The van der Waals surface area contributed by atoms with Crippen molar-refractivity contribution in [1.29, 1.82) is 0 Å². The summed E-state index contributed by atoms with van der Waals surface area (Å²) in [6.45, 7) is 6.71. The Morgan fingerprint density at radius 1 is 1.22 bits per heavy atom. The van der Waals surface area contributed by atoms with Crippen molar-refractivity contribution in [2.45, 2.75) is 45.8 Å². The molecule has 1 heterocycles. The van der Waals surface area contributed by atoms with Gasteiger partial charge in [-0.2, -0.15) is 0 Å². The van der Waals surface area contributed by atoms with Crippen LogP contribution in [-0.4, -0.2) is 54.5 Å². The van der Waals surface area contributed by atoms with Gasteiger partial charge in [0, 0.05) is 13.1 Å². The topological polar surface area (TPSA) is 84.9 Å². The van der Waals surface area contributed by atoms with Crippen LogP contribution in [0.5, 0.6) is 5.75 Å². The Morgan fingerprint density at radius 2 is 1.93 bits per heavy atom. The molecule has 7 heteroatoms. The molecule has 0 saturated carbocycles. The number of ether oxygens (including phenoxy) is 2. The SMILES string of the molecule is CC(C)CCOC(=O)CC1C(=O)NCCN1C(=O)C(C)Oc1ccccc1. The standard InChI is InChI=1S/C20H28N2O5/c1-14(2)9-12-26-18(23)13-17-19(24)21-10-11-22(17)20(25)15(3)27-16-7-5-4-6-8-16/h4-8,14-15,17H,9-13H2,1-3H3,(H,21,24). The lowest BCUT2D eigenvalue weighted by Crippen LogP contribution is -2.60. The summed E-state index contributed by atoms with van der Waals surface area (Å²) in [5.41, 5.74) is 0. The number of amides is 2. The Bertz CT molecular complexity index is 647. The third-order valence-electron chi connectivity index (χ3n) is 4.34. The van der Waals surface area contributed by atoms with Gasteiger partial charge in [-0.15, -0.1) is 0 Å². The van der Waals surface area contributed by atoms with Crippen LogP contribution >= 0.6 is 0 Å². The van der Waals surface area contributed by atoms with E-state index in [0.29, 0.717) is 31.4 Å². The van der Waals surface area contributed by atoms with E-state index in [-0.39, 0.29) is 18.2 Å². The number of carbonyl (C=O) groups excluding carboxylic acids is 3. The third-order valence-corrected chi connectivity index (χ3v) is 4.34. The highest BCUT2D eigenvalue weighted by Crippen LogP contribution is 2.16. The molecule has 2 unspecified atom stereocenters. The van der Waals surface area contributed by atoms with Crippen molar-refractivity contribution in [2.24, 2.45) is 5.92 Å². The summed E-state index contributed by atoms with van der Waals surface area (Å²) in [5, 5.41) is 2.70. The van der Waals surface area contributed by atoms with Crippen molar-refractivity contribution in [2.75, 3.05) is 19.7 Å². The first-order valence-corrected chi connectivity index (χ1v) is 9.34. The molecule has 0 radical (unpaired) electrons. The minimum atomic E-state index is -0.875. The molecule has 1 aromatic rings. The van der Waals surface area contributed by atoms with Crippen LogP contribution in [0, 0.1) is 5.92 Å². The first kappa shape index (κ1) is 20.7. The Kier molecular flexibility index (Phi) is 7.64. The van der Waals surface area contributed by atoms with Gasteiger partial charge < -0.3 is 19.7 Å². The lowest BCUT2D eigenvalue weighted by atomic mass is 10.1. The lowest BCUT2D eigenvalue weighted by molar-refractivity contribution is -0.154. The predicted octanol–water partition coefficient (Wildman–Crippen LogP) is 1.76. The van der Waals surface area contributed by atoms with E-state index in [2.05, 4.69) is 5.32 Å². The van der Waals surface area contributed by atoms with Gasteiger partial charge in [0.2, 0.25) is 5.91 Å². The Labute approximate surface area is 160 Å². The van der Waals surface area contributed by atoms with E-state index in [1.807, 2.05) is 32.0 Å². The van der Waals surface area contributed by atoms with Crippen LogP contribution in [0.25, 0.3) is 0 Å². The second-order valence-corrected chi connectivity index (χ2v) is 7.02. The highest BCUT2D eigenvalue weighted by atomic mass is 16.5. The van der Waals surface area contributed by atoms with Crippen LogP contribution in [0.2, 0.25) is 0 Å². The zero-order valence-electron chi connectivity index (χ0n) is 16.1. The number of carbonyl (C=O) groups is 3. The molecule has 0 bridgehead atoms. The Hall–Kier alpha value is -2.57. The number of benzene rings is 1. The van der Waals surface area contributed by atoms with Gasteiger partial charge in [-0.1, -0.05) is 32.0 Å². The molecule has 1 saturated heterocycles. The number of piperazine rings is 1. The van der Waals surface area contributed by atoms with E-state index in [1.54, 1.807) is 19.1 Å². The molecule has 1 aliphatic heterocycles. The largest absolute Gasteiger partial charge is 0.481 e. The average molecular weight is 376 g/mol. The van der Waals surface area contributed by atoms with Gasteiger partial charge in [-0.25, -0.2) is 0 Å². The summed E-state index contributed by atoms with van der Waals surface area (Å²) in [5.74, 6) is -0.155. The quantitative estimate of drug-likeness (QED) is 0.699. The van der Waals surface area contributed by atoms with Crippen molar-refractivity contribution in [1.82, 2.24) is 10.2 Å². The van der Waals surface area contributed by atoms with Crippen LogP contribution in [0.15, 0.2) is 30.3 Å². The van der Waals surface area contributed by atoms with E-state index in [0.717, 1.165) is 6.42 Å². The number of nitrogens with one attached hydrogen (secondary N) is 1. The van der Waals surface area contributed by atoms with Crippen LogP contribution in [0.4, 0.5) is 0 Å². The van der Waals surface area contributed by atoms with E-state index >= 15 is 0 Å². The predicted molar refractivity (Wildman–Crippen MR) is 100 cm³/mol. The van der Waals surface area contributed by atoms with Gasteiger partial charge in [-0.05, 0) is 31.4 Å². The van der Waals surface area contributed by atoms with Crippen LogP contribution < -0.4 is 10.1 Å². The van der Waals surface area contributed by atoms with Crippen LogP contribution in [0.1, 0.15) is 33.6 Å². The number of para-hydroxylation sites is 1. The molecular weight excluding hydrogens is 348 g/mol. The fourth-order valence-electron chi connectivity index (χ4n) is 2.79. The molecule has 27 heavy (non-hydrogen) atoms. The van der Waals surface area contributed by atoms with Crippen LogP contribution in [0.3, 0.4) is 0 Å². The molecule has 1 N–H and O–H groups in total. The minimum Gasteiger partial charge on any atom is -0.481 e. The second kappa shape index (κ2) is 9.94. The molecule has 2 rings (SSSR count). The fourth-order valence-corrected chi connectivity index (χ4v) is 2.79. The number of esters is 1. The van der Waals surface area contributed by atoms with Crippen molar-refractivity contribution >= 4 is 17.8 Å². The fraction of sp³-hybridized carbons (Fsp3) is 0.550. The normalized spacial score (nSPS) is 18.0. The summed E-state index contributed by atoms with van der Waals surface area (Å²) in [4.78, 5) is 38.6. The van der Waals surface area contributed by atoms with E-state index in [9.17, 15) is 14.4 Å². The molecule has 2 amide bonds. The van der Waals surface area contributed by atoms with Gasteiger partial charge in [0.1, 0.15) is 11.8 Å². The zero-order chi connectivity index (χ0) is 19.8. The molecule has 0 spiro atoms. The molecule has 7 nitrogen and oxygen atoms in total. The molecular formula is C20H28N2O5. The molecule has 0 aliphatic carbocycles. The molecule has 1 fully saturated rings. The average Bonchev–Trinajstić information content (AvgIpc) is 2.63. The molecule has 2 atom stereocenters. The summed E-state index contributed by atoms with van der Waals surface area (Å²) < 4.78 is 10.9. The molecule has 0 aromatic heterocycles.